The summed E-state index contributed by atoms with van der Waals surface area (Å²) in [4.78, 5) is 18.2. The van der Waals surface area contributed by atoms with Crippen molar-refractivity contribution in [1.82, 2.24) is 5.32 Å². The summed E-state index contributed by atoms with van der Waals surface area (Å²) in [5, 5.41) is 18.2. The maximum atomic E-state index is 9.10. The number of aryl methyl sites for hydroxylation is 1. The van der Waals surface area contributed by atoms with Crippen LogP contribution in [0.1, 0.15) is 50.7 Å². The van der Waals surface area contributed by atoms with Crippen molar-refractivity contribution in [1.29, 1.82) is 0 Å². The lowest BCUT2D eigenvalue weighted by atomic mass is 10.0. The van der Waals surface area contributed by atoms with Crippen molar-refractivity contribution in [2.75, 3.05) is 19.7 Å². The van der Waals surface area contributed by atoms with Crippen LogP contribution in [-0.2, 0) is 9.59 Å². The molecule has 0 aromatic heterocycles. The summed E-state index contributed by atoms with van der Waals surface area (Å²) in [6.45, 7) is 11.5. The zero-order chi connectivity index (χ0) is 18.5. The Hall–Kier alpha value is -2.08. The molecule has 1 rings (SSSR count). The lowest BCUT2D eigenvalue weighted by Crippen LogP contribution is -2.22. The van der Waals surface area contributed by atoms with Crippen molar-refractivity contribution >= 4 is 11.9 Å². The number of carboxylic acids is 2. The van der Waals surface area contributed by atoms with E-state index in [0.717, 1.165) is 25.4 Å². The van der Waals surface area contributed by atoms with E-state index in [0.29, 0.717) is 5.92 Å². The zero-order valence-corrected chi connectivity index (χ0v) is 15.0. The fourth-order valence-corrected chi connectivity index (χ4v) is 1.79. The second-order valence-electron chi connectivity index (χ2n) is 5.74. The number of hydrogen-bond donors (Lipinski definition) is 3. The average Bonchev–Trinajstić information content (AvgIpc) is 2.52. The molecule has 0 saturated heterocycles. The van der Waals surface area contributed by atoms with E-state index in [4.69, 9.17) is 24.5 Å². The Kier molecular flexibility index (Phi) is 11.3. The molecule has 1 aromatic rings. The first-order chi connectivity index (χ1) is 11.3. The zero-order valence-electron chi connectivity index (χ0n) is 15.0. The number of nitrogens with one attached hydrogen (secondary N) is 1. The van der Waals surface area contributed by atoms with Gasteiger partial charge in [0.25, 0.3) is 0 Å². The third-order valence-electron chi connectivity index (χ3n) is 3.31. The minimum absolute atomic E-state index is 0.552. The highest BCUT2D eigenvalue weighted by Crippen LogP contribution is 2.24. The summed E-state index contributed by atoms with van der Waals surface area (Å²) in [5.74, 6) is -2.07. The third kappa shape index (κ3) is 9.84. The number of benzene rings is 1. The van der Waals surface area contributed by atoms with Gasteiger partial charge >= 0.3 is 11.9 Å². The van der Waals surface area contributed by atoms with Gasteiger partial charge in [-0.1, -0.05) is 39.3 Å². The van der Waals surface area contributed by atoms with Crippen LogP contribution in [0.3, 0.4) is 0 Å². The standard InChI is InChI=1S/C16H27NO.C2H2O4/c1-5-6-9-17-10-11-18-16-12-15(13(2)3)8-7-14(16)4;3-1(4)2(5)6/h7-8,12-13,17H,5-6,9-11H2,1-4H3;(H,3,4)(H,5,6). The van der Waals surface area contributed by atoms with Crippen LogP contribution in [-0.4, -0.2) is 41.8 Å². The number of aliphatic carboxylic acids is 2. The van der Waals surface area contributed by atoms with Gasteiger partial charge in [0.05, 0.1) is 0 Å². The van der Waals surface area contributed by atoms with E-state index in [-0.39, 0.29) is 0 Å². The Morgan fingerprint density at radius 2 is 1.79 bits per heavy atom. The summed E-state index contributed by atoms with van der Waals surface area (Å²) in [5.41, 5.74) is 2.56. The predicted molar refractivity (Wildman–Crippen MR) is 93.8 cm³/mol. The number of carboxylic acid groups (broad SMARTS) is 2. The molecule has 0 amide bonds. The van der Waals surface area contributed by atoms with Gasteiger partial charge < -0.3 is 20.3 Å². The predicted octanol–water partition coefficient (Wildman–Crippen LogP) is 3.04. The minimum atomic E-state index is -1.82. The topological polar surface area (TPSA) is 95.9 Å². The van der Waals surface area contributed by atoms with E-state index < -0.39 is 11.9 Å². The fraction of sp³-hybridized carbons (Fsp3) is 0.556. The van der Waals surface area contributed by atoms with E-state index in [9.17, 15) is 0 Å². The van der Waals surface area contributed by atoms with Crippen molar-refractivity contribution in [2.45, 2.75) is 46.5 Å². The number of ether oxygens (including phenoxy) is 1. The summed E-state index contributed by atoms with van der Waals surface area (Å²) < 4.78 is 5.85. The summed E-state index contributed by atoms with van der Waals surface area (Å²) in [6.07, 6.45) is 2.48. The van der Waals surface area contributed by atoms with Crippen LogP contribution in [0.5, 0.6) is 5.75 Å². The molecule has 1 aromatic carbocycles. The van der Waals surface area contributed by atoms with Crippen LogP contribution < -0.4 is 10.1 Å². The molecule has 0 aliphatic rings. The van der Waals surface area contributed by atoms with E-state index >= 15 is 0 Å². The number of unbranched alkanes of at least 4 members (excludes halogenated alkanes) is 1. The number of rotatable bonds is 8. The van der Waals surface area contributed by atoms with Crippen molar-refractivity contribution in [3.63, 3.8) is 0 Å². The molecule has 3 N–H and O–H groups in total. The Morgan fingerprint density at radius 3 is 2.29 bits per heavy atom. The molecule has 0 heterocycles. The third-order valence-corrected chi connectivity index (χ3v) is 3.31. The van der Waals surface area contributed by atoms with Crippen LogP contribution in [0.15, 0.2) is 18.2 Å². The van der Waals surface area contributed by atoms with Gasteiger partial charge in [0.2, 0.25) is 0 Å². The van der Waals surface area contributed by atoms with Gasteiger partial charge in [-0.15, -0.1) is 0 Å². The molecular weight excluding hydrogens is 310 g/mol. The molecule has 0 aliphatic heterocycles. The molecule has 6 heteroatoms. The molecule has 0 saturated carbocycles. The first-order valence-corrected chi connectivity index (χ1v) is 8.19. The molecule has 0 spiro atoms. The maximum absolute atomic E-state index is 9.10. The molecule has 0 unspecified atom stereocenters. The van der Waals surface area contributed by atoms with Gasteiger partial charge in [-0.05, 0) is 43.0 Å². The summed E-state index contributed by atoms with van der Waals surface area (Å²) in [7, 11) is 0. The van der Waals surface area contributed by atoms with Gasteiger partial charge in [0, 0.05) is 6.54 Å². The van der Waals surface area contributed by atoms with Crippen molar-refractivity contribution in [3.8, 4) is 5.75 Å². The molecule has 0 atom stereocenters. The van der Waals surface area contributed by atoms with E-state index in [1.165, 1.54) is 24.0 Å². The second kappa shape index (κ2) is 12.4. The van der Waals surface area contributed by atoms with E-state index in [2.05, 4.69) is 51.2 Å². The van der Waals surface area contributed by atoms with Crippen LogP contribution in [0.4, 0.5) is 0 Å². The molecular formula is C18H29NO5. The van der Waals surface area contributed by atoms with Crippen LogP contribution in [0.2, 0.25) is 0 Å². The summed E-state index contributed by atoms with van der Waals surface area (Å²) in [6, 6.07) is 6.51. The SMILES string of the molecule is CCCCNCCOc1cc(C(C)C)ccc1C.O=C(O)C(=O)O. The molecule has 136 valence electrons. The fourth-order valence-electron chi connectivity index (χ4n) is 1.79. The molecule has 24 heavy (non-hydrogen) atoms. The highest BCUT2D eigenvalue weighted by atomic mass is 16.5. The van der Waals surface area contributed by atoms with E-state index in [1.54, 1.807) is 0 Å². The largest absolute Gasteiger partial charge is 0.492 e. The molecule has 0 bridgehead atoms. The lowest BCUT2D eigenvalue weighted by Gasteiger charge is -2.13. The normalized spacial score (nSPS) is 10.0. The van der Waals surface area contributed by atoms with Crippen LogP contribution in [0, 0.1) is 6.92 Å². The van der Waals surface area contributed by atoms with Gasteiger partial charge in [-0.25, -0.2) is 9.59 Å². The monoisotopic (exact) mass is 339 g/mol. The van der Waals surface area contributed by atoms with Crippen molar-refractivity contribution < 1.29 is 24.5 Å². The number of hydrogen-bond acceptors (Lipinski definition) is 4. The first kappa shape index (κ1) is 21.9. The van der Waals surface area contributed by atoms with E-state index in [1.807, 2.05) is 0 Å². The highest BCUT2D eigenvalue weighted by molar-refractivity contribution is 6.27. The van der Waals surface area contributed by atoms with Crippen molar-refractivity contribution in [3.05, 3.63) is 29.3 Å². The highest BCUT2D eigenvalue weighted by Gasteiger charge is 2.05. The average molecular weight is 339 g/mol. The molecule has 0 radical (unpaired) electrons. The Balaban J connectivity index is 0.000000754. The maximum Gasteiger partial charge on any atom is 0.414 e. The Morgan fingerprint density at radius 1 is 1.17 bits per heavy atom. The minimum Gasteiger partial charge on any atom is -0.492 e. The van der Waals surface area contributed by atoms with Crippen LogP contribution >= 0.6 is 0 Å². The van der Waals surface area contributed by atoms with Gasteiger partial charge in [-0.2, -0.15) is 0 Å². The Labute approximate surface area is 143 Å². The van der Waals surface area contributed by atoms with Gasteiger partial charge in [0.1, 0.15) is 12.4 Å². The number of carbonyl (C=O) groups is 2. The van der Waals surface area contributed by atoms with Gasteiger partial charge in [-0.3, -0.25) is 0 Å². The van der Waals surface area contributed by atoms with Crippen molar-refractivity contribution in [2.24, 2.45) is 0 Å². The first-order valence-electron chi connectivity index (χ1n) is 8.19. The van der Waals surface area contributed by atoms with Crippen LogP contribution in [0.25, 0.3) is 0 Å². The smallest absolute Gasteiger partial charge is 0.414 e. The van der Waals surface area contributed by atoms with Gasteiger partial charge in [0.15, 0.2) is 0 Å². The Bertz CT molecular complexity index is 502. The second-order valence-corrected chi connectivity index (χ2v) is 5.74. The quantitative estimate of drug-likeness (QED) is 0.498. The molecule has 6 nitrogen and oxygen atoms in total. The lowest BCUT2D eigenvalue weighted by molar-refractivity contribution is -0.159. The molecule has 0 aliphatic carbocycles. The molecule has 0 fully saturated rings. The summed E-state index contributed by atoms with van der Waals surface area (Å²) >= 11 is 0.